The highest BCUT2D eigenvalue weighted by Gasteiger charge is 2.14. The predicted octanol–water partition coefficient (Wildman–Crippen LogP) is 3.28. The van der Waals surface area contributed by atoms with Crippen LogP contribution in [-0.4, -0.2) is 50.6 Å². The number of hydrogen-bond acceptors (Lipinski definition) is 6. The summed E-state index contributed by atoms with van der Waals surface area (Å²) >= 11 is 0. The number of rotatable bonds is 8. The summed E-state index contributed by atoms with van der Waals surface area (Å²) < 4.78 is 10.3. The van der Waals surface area contributed by atoms with Crippen LogP contribution in [0.15, 0.2) is 42.5 Å². The number of esters is 1. The van der Waals surface area contributed by atoms with Crippen molar-refractivity contribution in [2.24, 2.45) is 0 Å². The SMILES string of the molecule is Cc1ccc(C(=O)CCC(=O)OCC(=O)Nc2ccc(N3CCOCC3)cc2)cc1C. The minimum atomic E-state index is -0.574. The van der Waals surface area contributed by atoms with E-state index in [1.807, 2.05) is 50.2 Å². The highest BCUT2D eigenvalue weighted by molar-refractivity contribution is 5.98. The fraction of sp³-hybridized carbons (Fsp3) is 0.375. The molecule has 7 heteroatoms. The van der Waals surface area contributed by atoms with Crippen molar-refractivity contribution in [3.63, 3.8) is 0 Å². The van der Waals surface area contributed by atoms with E-state index in [-0.39, 0.29) is 25.2 Å². The molecular formula is C24H28N2O5. The predicted molar refractivity (Wildman–Crippen MR) is 119 cm³/mol. The fourth-order valence-electron chi connectivity index (χ4n) is 3.27. The summed E-state index contributed by atoms with van der Waals surface area (Å²) in [6.45, 7) is 6.63. The molecule has 0 saturated carbocycles. The number of amides is 1. The molecule has 0 unspecified atom stereocenters. The molecule has 1 fully saturated rings. The second-order valence-corrected chi connectivity index (χ2v) is 7.58. The van der Waals surface area contributed by atoms with E-state index in [1.54, 1.807) is 6.07 Å². The first-order valence-electron chi connectivity index (χ1n) is 10.4. The fourth-order valence-corrected chi connectivity index (χ4v) is 3.27. The highest BCUT2D eigenvalue weighted by Crippen LogP contribution is 2.19. The number of aryl methyl sites for hydroxylation is 2. The van der Waals surface area contributed by atoms with E-state index in [0.717, 1.165) is 29.9 Å². The molecule has 0 bridgehead atoms. The molecule has 1 aliphatic rings. The number of ether oxygens (including phenoxy) is 2. The Morgan fingerprint density at radius 1 is 0.968 bits per heavy atom. The van der Waals surface area contributed by atoms with Crippen molar-refractivity contribution in [3.8, 4) is 0 Å². The first-order chi connectivity index (χ1) is 14.9. The summed E-state index contributed by atoms with van der Waals surface area (Å²) in [5.74, 6) is -1.12. The molecule has 2 aromatic carbocycles. The third-order valence-corrected chi connectivity index (χ3v) is 5.28. The molecular weight excluding hydrogens is 396 g/mol. The molecule has 7 nitrogen and oxygen atoms in total. The van der Waals surface area contributed by atoms with Gasteiger partial charge in [0, 0.05) is 36.4 Å². The van der Waals surface area contributed by atoms with Crippen molar-refractivity contribution in [3.05, 3.63) is 59.2 Å². The van der Waals surface area contributed by atoms with Gasteiger partial charge in [-0.15, -0.1) is 0 Å². The smallest absolute Gasteiger partial charge is 0.306 e. The van der Waals surface area contributed by atoms with E-state index in [1.165, 1.54) is 0 Å². The lowest BCUT2D eigenvalue weighted by molar-refractivity contribution is -0.147. The normalized spacial score (nSPS) is 13.5. The maximum absolute atomic E-state index is 12.2. The monoisotopic (exact) mass is 424 g/mol. The largest absolute Gasteiger partial charge is 0.456 e. The van der Waals surface area contributed by atoms with Crippen LogP contribution in [-0.2, 0) is 19.1 Å². The summed E-state index contributed by atoms with van der Waals surface area (Å²) in [6, 6.07) is 13.0. The Bertz CT molecular complexity index is 933. The maximum Gasteiger partial charge on any atom is 0.306 e. The second kappa shape index (κ2) is 10.7. The summed E-state index contributed by atoms with van der Waals surface area (Å²) in [7, 11) is 0. The number of Topliss-reactive ketones (excluding diaryl/α,β-unsaturated/α-hetero) is 1. The third-order valence-electron chi connectivity index (χ3n) is 5.28. The van der Waals surface area contributed by atoms with Crippen LogP contribution < -0.4 is 10.2 Å². The first-order valence-corrected chi connectivity index (χ1v) is 10.4. The van der Waals surface area contributed by atoms with Crippen molar-refractivity contribution in [1.82, 2.24) is 0 Å². The molecule has 0 spiro atoms. The molecule has 0 radical (unpaired) electrons. The zero-order valence-electron chi connectivity index (χ0n) is 18.0. The zero-order valence-corrected chi connectivity index (χ0v) is 18.0. The number of ketones is 1. The van der Waals surface area contributed by atoms with Gasteiger partial charge in [0.25, 0.3) is 5.91 Å². The Morgan fingerprint density at radius 3 is 2.35 bits per heavy atom. The van der Waals surface area contributed by atoms with Crippen LogP contribution in [0.5, 0.6) is 0 Å². The van der Waals surface area contributed by atoms with E-state index < -0.39 is 11.9 Å². The van der Waals surface area contributed by atoms with Crippen molar-refractivity contribution in [2.45, 2.75) is 26.7 Å². The number of nitrogens with zero attached hydrogens (tertiary/aromatic N) is 1. The number of benzene rings is 2. The summed E-state index contributed by atoms with van der Waals surface area (Å²) in [5.41, 5.74) is 4.42. The van der Waals surface area contributed by atoms with Crippen molar-refractivity contribution >= 4 is 29.0 Å². The van der Waals surface area contributed by atoms with Gasteiger partial charge in [0.05, 0.1) is 19.6 Å². The molecule has 0 atom stereocenters. The highest BCUT2D eigenvalue weighted by atomic mass is 16.5. The molecule has 0 aliphatic carbocycles. The van der Waals surface area contributed by atoms with E-state index in [0.29, 0.717) is 24.5 Å². The van der Waals surface area contributed by atoms with Crippen LogP contribution in [0.25, 0.3) is 0 Å². The summed E-state index contributed by atoms with van der Waals surface area (Å²) in [4.78, 5) is 38.4. The molecule has 1 N–H and O–H groups in total. The van der Waals surface area contributed by atoms with E-state index in [4.69, 9.17) is 9.47 Å². The van der Waals surface area contributed by atoms with Crippen LogP contribution in [0.1, 0.15) is 34.3 Å². The van der Waals surface area contributed by atoms with Gasteiger partial charge in [0.2, 0.25) is 0 Å². The molecule has 1 saturated heterocycles. The Balaban J connectivity index is 1.39. The average molecular weight is 424 g/mol. The summed E-state index contributed by atoms with van der Waals surface area (Å²) in [5, 5.41) is 2.70. The van der Waals surface area contributed by atoms with Gasteiger partial charge in [-0.05, 0) is 55.3 Å². The van der Waals surface area contributed by atoms with Gasteiger partial charge >= 0.3 is 5.97 Å². The molecule has 164 valence electrons. The molecule has 0 aromatic heterocycles. The van der Waals surface area contributed by atoms with Crippen LogP contribution in [0.4, 0.5) is 11.4 Å². The molecule has 3 rings (SSSR count). The Labute approximate surface area is 182 Å². The van der Waals surface area contributed by atoms with E-state index in [2.05, 4.69) is 10.2 Å². The maximum atomic E-state index is 12.2. The zero-order chi connectivity index (χ0) is 22.2. The Morgan fingerprint density at radius 2 is 1.68 bits per heavy atom. The lowest BCUT2D eigenvalue weighted by Gasteiger charge is -2.28. The van der Waals surface area contributed by atoms with Crippen LogP contribution >= 0.6 is 0 Å². The lowest BCUT2D eigenvalue weighted by atomic mass is 10.0. The van der Waals surface area contributed by atoms with Gasteiger partial charge in [0.15, 0.2) is 12.4 Å². The van der Waals surface area contributed by atoms with Gasteiger partial charge in [-0.3, -0.25) is 14.4 Å². The van der Waals surface area contributed by atoms with Gasteiger partial charge in [-0.2, -0.15) is 0 Å². The number of morpholine rings is 1. The second-order valence-electron chi connectivity index (χ2n) is 7.58. The van der Waals surface area contributed by atoms with Crippen LogP contribution in [0.3, 0.4) is 0 Å². The summed E-state index contributed by atoms with van der Waals surface area (Å²) in [6.07, 6.45) is -0.0146. The molecule has 1 aliphatic heterocycles. The lowest BCUT2D eigenvalue weighted by Crippen LogP contribution is -2.36. The quantitative estimate of drug-likeness (QED) is 0.517. The molecule has 1 amide bonds. The van der Waals surface area contributed by atoms with E-state index in [9.17, 15) is 14.4 Å². The van der Waals surface area contributed by atoms with Gasteiger partial charge in [-0.25, -0.2) is 0 Å². The minimum Gasteiger partial charge on any atom is -0.456 e. The van der Waals surface area contributed by atoms with Crippen LogP contribution in [0, 0.1) is 13.8 Å². The topological polar surface area (TPSA) is 84.9 Å². The number of carbonyl (C=O) groups is 3. The van der Waals surface area contributed by atoms with Gasteiger partial charge in [-0.1, -0.05) is 12.1 Å². The average Bonchev–Trinajstić information content (AvgIpc) is 2.79. The molecule has 31 heavy (non-hydrogen) atoms. The number of nitrogens with one attached hydrogen (secondary N) is 1. The third kappa shape index (κ3) is 6.65. The standard InChI is InChI=1S/C24H28N2O5/c1-17-3-4-19(15-18(17)2)22(27)9-10-24(29)31-16-23(28)25-20-5-7-21(8-6-20)26-11-13-30-14-12-26/h3-8,15H,9-14,16H2,1-2H3,(H,25,28). The van der Waals surface area contributed by atoms with Crippen molar-refractivity contribution in [1.29, 1.82) is 0 Å². The Hall–Kier alpha value is -3.19. The van der Waals surface area contributed by atoms with Crippen molar-refractivity contribution in [2.75, 3.05) is 43.1 Å². The number of hydrogen-bond donors (Lipinski definition) is 1. The van der Waals surface area contributed by atoms with Gasteiger partial charge < -0.3 is 19.7 Å². The van der Waals surface area contributed by atoms with Gasteiger partial charge in [0.1, 0.15) is 0 Å². The minimum absolute atomic E-state index is 0.0476. The molecule has 1 heterocycles. The number of anilines is 2. The number of carbonyl (C=O) groups excluding carboxylic acids is 3. The van der Waals surface area contributed by atoms with E-state index >= 15 is 0 Å². The molecule has 2 aromatic rings. The first kappa shape index (κ1) is 22.5. The van der Waals surface area contributed by atoms with Crippen molar-refractivity contribution < 1.29 is 23.9 Å². The van der Waals surface area contributed by atoms with Crippen LogP contribution in [0.2, 0.25) is 0 Å². The Kier molecular flexibility index (Phi) is 7.78.